The topological polar surface area (TPSA) is 88.4 Å². The van der Waals surface area contributed by atoms with Gasteiger partial charge in [-0.15, -0.1) is 0 Å². The first kappa shape index (κ1) is 26.6. The molecule has 7 heteroatoms. The molecule has 1 saturated carbocycles. The zero-order valence-corrected chi connectivity index (χ0v) is 21.9. The molecule has 0 spiro atoms. The maximum absolute atomic E-state index is 14.0. The molecule has 4 aliphatic rings. The average Bonchev–Trinajstić information content (AvgIpc) is 3.65. The molecule has 1 unspecified atom stereocenters. The van der Waals surface area contributed by atoms with E-state index in [-0.39, 0.29) is 23.3 Å². The zero-order valence-electron chi connectivity index (χ0n) is 21.9. The van der Waals surface area contributed by atoms with E-state index in [4.69, 9.17) is 14.5 Å². The van der Waals surface area contributed by atoms with Crippen molar-refractivity contribution in [3.63, 3.8) is 0 Å². The Balaban J connectivity index is 1.71. The molecule has 1 aliphatic carbocycles. The van der Waals surface area contributed by atoms with Gasteiger partial charge in [0.05, 0.1) is 11.7 Å². The van der Waals surface area contributed by atoms with Gasteiger partial charge in [-0.2, -0.15) is 0 Å². The number of ether oxygens (including phenoxy) is 2. The lowest BCUT2D eigenvalue weighted by molar-refractivity contribution is -0.129. The van der Waals surface area contributed by atoms with E-state index in [1.54, 1.807) is 4.90 Å². The lowest BCUT2D eigenvalue weighted by Crippen LogP contribution is -2.41. The Hall–Kier alpha value is -2.51. The summed E-state index contributed by atoms with van der Waals surface area (Å²) in [5.74, 6) is -0.0285. The van der Waals surface area contributed by atoms with Gasteiger partial charge >= 0.3 is 0 Å². The van der Waals surface area contributed by atoms with Crippen molar-refractivity contribution < 1.29 is 24.2 Å². The zero-order chi connectivity index (χ0) is 25.7. The highest BCUT2D eigenvalue weighted by molar-refractivity contribution is 6.20. The van der Waals surface area contributed by atoms with Crippen molar-refractivity contribution in [2.75, 3.05) is 33.0 Å². The van der Waals surface area contributed by atoms with E-state index in [0.29, 0.717) is 31.6 Å². The van der Waals surface area contributed by atoms with Crippen LogP contribution >= 0.6 is 0 Å². The molecular formula is C29H40N2O5. The second-order valence-corrected chi connectivity index (χ2v) is 10.5. The fraction of sp³-hybridized carbons (Fsp3) is 0.621. The Morgan fingerprint density at radius 1 is 1.00 bits per heavy atom. The van der Waals surface area contributed by atoms with Crippen LogP contribution in [-0.4, -0.2) is 66.4 Å². The first-order valence-corrected chi connectivity index (χ1v) is 13.4. The van der Waals surface area contributed by atoms with Crippen LogP contribution in [0.2, 0.25) is 0 Å². The van der Waals surface area contributed by atoms with E-state index in [1.165, 1.54) is 13.0 Å². The molecule has 0 aromatic rings. The minimum absolute atomic E-state index is 0.157. The minimum Gasteiger partial charge on any atom is -0.507 e. The lowest BCUT2D eigenvalue weighted by atomic mass is 9.95. The van der Waals surface area contributed by atoms with Crippen LogP contribution in [0.1, 0.15) is 59.3 Å². The summed E-state index contributed by atoms with van der Waals surface area (Å²) in [7, 11) is 0. The number of amides is 1. The molecule has 1 N–H and O–H groups in total. The van der Waals surface area contributed by atoms with Crippen molar-refractivity contribution in [3.05, 3.63) is 46.9 Å². The Morgan fingerprint density at radius 3 is 2.22 bits per heavy atom. The molecular weight excluding hydrogens is 456 g/mol. The number of allylic oxidation sites excluding steroid dienone is 5. The molecule has 1 amide bonds. The molecule has 196 valence electrons. The summed E-state index contributed by atoms with van der Waals surface area (Å²) in [5, 5.41) is 10.8. The molecule has 7 nitrogen and oxygen atoms in total. The van der Waals surface area contributed by atoms with Gasteiger partial charge in [0, 0.05) is 44.3 Å². The predicted octanol–water partition coefficient (Wildman–Crippen LogP) is 4.71. The summed E-state index contributed by atoms with van der Waals surface area (Å²) < 4.78 is 11.0. The quantitative estimate of drug-likeness (QED) is 0.164. The van der Waals surface area contributed by atoms with Gasteiger partial charge in [-0.25, -0.2) is 0 Å². The monoisotopic (exact) mass is 496 g/mol. The van der Waals surface area contributed by atoms with E-state index in [1.807, 2.05) is 19.9 Å². The fourth-order valence-electron chi connectivity index (χ4n) is 5.20. The molecule has 3 aliphatic heterocycles. The second-order valence-electron chi connectivity index (χ2n) is 10.5. The van der Waals surface area contributed by atoms with Crippen LogP contribution in [-0.2, 0) is 19.1 Å². The highest BCUT2D eigenvalue weighted by Crippen LogP contribution is 2.33. The number of hydrogen-bond acceptors (Lipinski definition) is 6. The first-order valence-electron chi connectivity index (χ1n) is 13.4. The van der Waals surface area contributed by atoms with E-state index in [0.717, 1.165) is 68.7 Å². The molecule has 4 rings (SSSR count). The Bertz CT molecular complexity index is 989. The smallest absolute Gasteiger partial charge is 0.265 e. The van der Waals surface area contributed by atoms with Crippen LogP contribution < -0.4 is 0 Å². The number of carbonyl (C=O) groups is 2. The molecule has 0 radical (unpaired) electrons. The number of aliphatic hydroxyl groups is 1. The number of hydrogen-bond donors (Lipinski definition) is 1. The third-order valence-corrected chi connectivity index (χ3v) is 7.54. The largest absolute Gasteiger partial charge is 0.507 e. The number of nitrogens with zero attached hydrogens (tertiary/aromatic N) is 2. The van der Waals surface area contributed by atoms with Gasteiger partial charge in [-0.1, -0.05) is 18.2 Å². The van der Waals surface area contributed by atoms with Crippen molar-refractivity contribution in [1.82, 2.24) is 4.90 Å². The van der Waals surface area contributed by atoms with Crippen LogP contribution in [0.15, 0.2) is 51.9 Å². The van der Waals surface area contributed by atoms with Crippen LogP contribution in [0, 0.1) is 17.8 Å². The summed E-state index contributed by atoms with van der Waals surface area (Å²) in [5.41, 5.74) is 2.48. The lowest BCUT2D eigenvalue weighted by Gasteiger charge is -2.33. The maximum atomic E-state index is 14.0. The van der Waals surface area contributed by atoms with Gasteiger partial charge in [0.2, 0.25) is 0 Å². The highest BCUT2D eigenvalue weighted by atomic mass is 16.5. The van der Waals surface area contributed by atoms with Gasteiger partial charge in [0.1, 0.15) is 11.3 Å². The van der Waals surface area contributed by atoms with Crippen LogP contribution in [0.5, 0.6) is 0 Å². The number of aliphatic imine (C=N–C) groups is 1. The van der Waals surface area contributed by atoms with E-state index >= 15 is 0 Å². The number of carbonyl (C=O) groups excluding carboxylic acids is 2. The molecule has 36 heavy (non-hydrogen) atoms. The van der Waals surface area contributed by atoms with E-state index in [2.05, 4.69) is 12.2 Å². The van der Waals surface area contributed by atoms with Crippen molar-refractivity contribution in [1.29, 1.82) is 0 Å². The average molecular weight is 497 g/mol. The third-order valence-electron chi connectivity index (χ3n) is 7.54. The van der Waals surface area contributed by atoms with Crippen LogP contribution in [0.3, 0.4) is 0 Å². The van der Waals surface area contributed by atoms with Crippen molar-refractivity contribution in [2.45, 2.75) is 65.3 Å². The molecule has 0 aromatic carbocycles. The SMILES string of the molecule is CC(=O)C(C(=O)N(CC1CCOCC1)C1=C(/C=C/C2CCOCC2)C(C)=NC1C)=C(O)/C=C/C1CC1. The molecule has 0 aromatic heterocycles. The summed E-state index contributed by atoms with van der Waals surface area (Å²) in [6, 6.07) is -0.222. The summed E-state index contributed by atoms with van der Waals surface area (Å²) in [6.07, 6.45) is 13.5. The van der Waals surface area contributed by atoms with Gasteiger partial charge in [0.25, 0.3) is 5.91 Å². The van der Waals surface area contributed by atoms with Gasteiger partial charge < -0.3 is 19.5 Å². The number of Topliss-reactive ketones (excluding diaryl/α,β-unsaturated/α-hetero) is 1. The summed E-state index contributed by atoms with van der Waals surface area (Å²) in [6.45, 7) is 8.63. The number of ketones is 1. The highest BCUT2D eigenvalue weighted by Gasteiger charge is 2.35. The first-order chi connectivity index (χ1) is 17.3. The van der Waals surface area contributed by atoms with Gasteiger partial charge in [-0.05, 0) is 83.1 Å². The molecule has 1 atom stereocenters. The standard InChI is InChI=1S/C29H40N2O5/c1-19-25(8-6-23-10-14-35-15-11-23)28(20(2)30-19)31(18-24-12-16-36-17-13-24)29(34)27(21(3)32)26(33)9-7-22-4-5-22/h6-9,20,22-24,33H,4-5,10-18H2,1-3H3/b8-6+,9-7+,27-26?. The third kappa shape index (κ3) is 6.62. The van der Waals surface area contributed by atoms with E-state index in [9.17, 15) is 14.7 Å². The molecule has 2 saturated heterocycles. The summed E-state index contributed by atoms with van der Waals surface area (Å²) in [4.78, 5) is 33.2. The van der Waals surface area contributed by atoms with Crippen molar-refractivity contribution in [2.24, 2.45) is 22.7 Å². The number of rotatable bonds is 9. The van der Waals surface area contributed by atoms with Crippen molar-refractivity contribution >= 4 is 17.4 Å². The predicted molar refractivity (Wildman–Crippen MR) is 140 cm³/mol. The Labute approximate surface area is 214 Å². The van der Waals surface area contributed by atoms with Crippen molar-refractivity contribution in [3.8, 4) is 0 Å². The number of aliphatic hydroxyl groups excluding tert-OH is 1. The fourth-order valence-corrected chi connectivity index (χ4v) is 5.20. The molecule has 3 fully saturated rings. The Morgan fingerprint density at radius 2 is 1.61 bits per heavy atom. The molecule has 3 heterocycles. The van der Waals surface area contributed by atoms with Gasteiger partial charge in [-0.3, -0.25) is 14.6 Å². The molecule has 0 bridgehead atoms. The normalized spacial score (nSPS) is 25.0. The minimum atomic E-state index is -0.448. The van der Waals surface area contributed by atoms with E-state index < -0.39 is 11.7 Å². The Kier molecular flexibility index (Phi) is 8.96. The van der Waals surface area contributed by atoms with Crippen LogP contribution in [0.4, 0.5) is 0 Å². The maximum Gasteiger partial charge on any atom is 0.265 e. The van der Waals surface area contributed by atoms with Gasteiger partial charge in [0.15, 0.2) is 5.78 Å². The van der Waals surface area contributed by atoms with Crippen LogP contribution in [0.25, 0.3) is 0 Å². The summed E-state index contributed by atoms with van der Waals surface area (Å²) >= 11 is 0. The second kappa shape index (κ2) is 12.2.